The van der Waals surface area contributed by atoms with Crippen LogP contribution in [-0.2, 0) is 0 Å². The van der Waals surface area contributed by atoms with Crippen LogP contribution in [-0.4, -0.2) is 4.57 Å². The summed E-state index contributed by atoms with van der Waals surface area (Å²) in [7, 11) is 0. The Labute approximate surface area is 423 Å². The third-order valence-electron chi connectivity index (χ3n) is 14.6. The van der Waals surface area contributed by atoms with E-state index in [-0.39, 0.29) is 0 Å². The lowest BCUT2D eigenvalue weighted by Crippen LogP contribution is -2.11. The summed E-state index contributed by atoms with van der Waals surface area (Å²) in [6, 6.07) is 101. The Balaban J connectivity index is 0.883. The van der Waals surface area contributed by atoms with Crippen LogP contribution < -0.4 is 4.90 Å². The maximum Gasteiger partial charge on any atom is 0.143 e. The van der Waals surface area contributed by atoms with E-state index in [9.17, 15) is 0 Å². The normalized spacial score (nSPS) is 11.6. The van der Waals surface area contributed by atoms with E-state index in [0.29, 0.717) is 0 Å². The number of furan rings is 1. The predicted molar refractivity (Wildman–Crippen MR) is 307 cm³/mol. The molecule has 2 heterocycles. The molecule has 0 fully saturated rings. The molecule has 0 saturated carbocycles. The SMILES string of the molecule is c1ccc(-c2ccc(-c3ccc(N(c4ccc(-c5cccc(-n6c7ccccc7c7ccccc76)c5)cc4)c4ccccc4-c4ccc5oc6c7ccccc7ccc6c5c4)cc3)cc2-c2ccccc2)cc1. The minimum atomic E-state index is 0.880. The molecular weight excluding hydrogens is 885 g/mol. The summed E-state index contributed by atoms with van der Waals surface area (Å²) in [4.78, 5) is 2.40. The summed E-state index contributed by atoms with van der Waals surface area (Å²) in [5.74, 6) is 0. The summed E-state index contributed by atoms with van der Waals surface area (Å²) in [5, 5.41) is 7.02. The van der Waals surface area contributed by atoms with Crippen LogP contribution in [0.5, 0.6) is 0 Å². The molecule has 0 bridgehead atoms. The van der Waals surface area contributed by atoms with E-state index in [1.54, 1.807) is 0 Å². The van der Waals surface area contributed by atoms with E-state index >= 15 is 0 Å². The van der Waals surface area contributed by atoms with Crippen molar-refractivity contribution >= 4 is 71.6 Å². The average molecular weight is 931 g/mol. The van der Waals surface area contributed by atoms with Gasteiger partial charge in [-0.15, -0.1) is 0 Å². The zero-order chi connectivity index (χ0) is 48.2. The molecule has 14 aromatic rings. The van der Waals surface area contributed by atoms with Crippen molar-refractivity contribution in [1.29, 1.82) is 0 Å². The van der Waals surface area contributed by atoms with Gasteiger partial charge in [0.2, 0.25) is 0 Å². The first-order valence-electron chi connectivity index (χ1n) is 25.0. The molecule has 0 N–H and O–H groups in total. The van der Waals surface area contributed by atoms with Crippen LogP contribution in [0.25, 0.3) is 116 Å². The molecule has 3 heteroatoms. The number of hydrogen-bond acceptors (Lipinski definition) is 2. The molecule has 73 heavy (non-hydrogen) atoms. The van der Waals surface area contributed by atoms with Crippen LogP contribution in [0, 0.1) is 0 Å². The predicted octanol–water partition coefficient (Wildman–Crippen LogP) is 19.6. The Morgan fingerprint density at radius 2 is 0.836 bits per heavy atom. The Hall–Kier alpha value is -9.70. The van der Waals surface area contributed by atoms with Crippen molar-refractivity contribution < 1.29 is 4.42 Å². The minimum absolute atomic E-state index is 0.880. The van der Waals surface area contributed by atoms with Gasteiger partial charge in [0.05, 0.1) is 16.7 Å². The van der Waals surface area contributed by atoms with Crippen molar-refractivity contribution in [2.75, 3.05) is 4.90 Å². The lowest BCUT2D eigenvalue weighted by molar-refractivity contribution is 0.672. The van der Waals surface area contributed by atoms with Gasteiger partial charge in [-0.1, -0.05) is 200 Å². The highest BCUT2D eigenvalue weighted by Crippen LogP contribution is 2.45. The maximum absolute atomic E-state index is 6.58. The quantitative estimate of drug-likeness (QED) is 0.144. The molecule has 3 nitrogen and oxygen atoms in total. The van der Waals surface area contributed by atoms with Crippen LogP contribution in [0.15, 0.2) is 283 Å². The molecule has 0 saturated heterocycles. The Kier molecular flexibility index (Phi) is 10.2. The molecule has 0 spiro atoms. The highest BCUT2D eigenvalue weighted by molar-refractivity contribution is 6.16. The van der Waals surface area contributed by atoms with Gasteiger partial charge < -0.3 is 13.9 Å². The van der Waals surface area contributed by atoms with Gasteiger partial charge in [-0.25, -0.2) is 0 Å². The second kappa shape index (κ2) is 17.6. The first kappa shape index (κ1) is 42.2. The smallest absolute Gasteiger partial charge is 0.143 e. The second-order valence-electron chi connectivity index (χ2n) is 18.8. The summed E-state index contributed by atoms with van der Waals surface area (Å²) in [6.07, 6.45) is 0. The molecule has 342 valence electrons. The highest BCUT2D eigenvalue weighted by Gasteiger charge is 2.20. The average Bonchev–Trinajstić information content (AvgIpc) is 4.02. The van der Waals surface area contributed by atoms with Crippen molar-refractivity contribution in [1.82, 2.24) is 4.57 Å². The molecule has 0 atom stereocenters. The molecule has 0 aliphatic heterocycles. The topological polar surface area (TPSA) is 21.3 Å². The lowest BCUT2D eigenvalue weighted by atomic mass is 9.91. The minimum Gasteiger partial charge on any atom is -0.455 e. The molecule has 0 radical (unpaired) electrons. The number of hydrogen-bond donors (Lipinski definition) is 0. The van der Waals surface area contributed by atoms with E-state index in [4.69, 9.17) is 4.42 Å². The summed E-state index contributed by atoms with van der Waals surface area (Å²) < 4.78 is 8.97. The van der Waals surface area contributed by atoms with Crippen LogP contribution >= 0.6 is 0 Å². The van der Waals surface area contributed by atoms with Gasteiger partial charge in [0.25, 0.3) is 0 Å². The fourth-order valence-electron chi connectivity index (χ4n) is 11.1. The van der Waals surface area contributed by atoms with Crippen LogP contribution in [0.1, 0.15) is 0 Å². The molecule has 2 aromatic heterocycles. The van der Waals surface area contributed by atoms with E-state index in [0.717, 1.165) is 83.5 Å². The van der Waals surface area contributed by atoms with Crippen molar-refractivity contribution in [2.45, 2.75) is 0 Å². The van der Waals surface area contributed by atoms with E-state index in [1.165, 1.54) is 49.4 Å². The zero-order valence-electron chi connectivity index (χ0n) is 39.9. The third-order valence-corrected chi connectivity index (χ3v) is 14.6. The molecule has 0 aliphatic carbocycles. The van der Waals surface area contributed by atoms with Gasteiger partial charge in [0.15, 0.2) is 0 Å². The first-order valence-corrected chi connectivity index (χ1v) is 25.0. The van der Waals surface area contributed by atoms with Crippen LogP contribution in [0.2, 0.25) is 0 Å². The van der Waals surface area contributed by atoms with Gasteiger partial charge in [-0.2, -0.15) is 0 Å². The summed E-state index contributed by atoms with van der Waals surface area (Å²) in [5.41, 5.74) is 20.2. The maximum atomic E-state index is 6.58. The number of benzene rings is 12. The molecule has 0 aliphatic rings. The Bertz CT molecular complexity index is 4300. The fourth-order valence-corrected chi connectivity index (χ4v) is 11.1. The van der Waals surface area contributed by atoms with Crippen LogP contribution in [0.4, 0.5) is 17.1 Å². The van der Waals surface area contributed by atoms with E-state index < -0.39 is 0 Å². The van der Waals surface area contributed by atoms with Gasteiger partial charge in [-0.3, -0.25) is 0 Å². The zero-order valence-corrected chi connectivity index (χ0v) is 39.9. The third kappa shape index (κ3) is 7.37. The Morgan fingerprint density at radius 1 is 0.288 bits per heavy atom. The molecule has 12 aromatic carbocycles. The largest absolute Gasteiger partial charge is 0.455 e. The van der Waals surface area contributed by atoms with Gasteiger partial charge in [0.1, 0.15) is 11.2 Å². The second-order valence-corrected chi connectivity index (χ2v) is 18.8. The van der Waals surface area contributed by atoms with Gasteiger partial charge in [-0.05, 0) is 134 Å². The number of anilines is 3. The van der Waals surface area contributed by atoms with E-state index in [1.807, 2.05) is 0 Å². The standard InChI is InChI=1S/C70H46N2O/c1-3-16-49(17-4-1)58-41-35-53(45-64(58)50-18-5-2-6-19-50)48-32-39-56(40-33-48)71(66-27-12-9-23-59(66)54-36-43-69-65(46-54)63-42-34-51-20-7-8-24-60(51)70(63)73-69)55-37-30-47(31-38-55)52-21-15-22-57(44-52)72-67-28-13-10-25-61(67)62-26-11-14-29-68(62)72/h1-46H. The van der Waals surface area contributed by atoms with Crippen LogP contribution in [0.3, 0.4) is 0 Å². The van der Waals surface area contributed by atoms with Crippen molar-refractivity contribution in [3.05, 3.63) is 279 Å². The van der Waals surface area contributed by atoms with Crippen molar-refractivity contribution in [2.24, 2.45) is 0 Å². The lowest BCUT2D eigenvalue weighted by Gasteiger charge is -2.28. The molecular formula is C70H46N2O. The number of fused-ring (bicyclic) bond motifs is 8. The molecule has 0 unspecified atom stereocenters. The summed E-state index contributed by atoms with van der Waals surface area (Å²) in [6.45, 7) is 0. The number of nitrogens with zero attached hydrogens (tertiary/aromatic N) is 2. The van der Waals surface area contributed by atoms with Gasteiger partial charge in [0, 0.05) is 49.6 Å². The summed E-state index contributed by atoms with van der Waals surface area (Å²) >= 11 is 0. The van der Waals surface area contributed by atoms with Crippen molar-refractivity contribution in [3.63, 3.8) is 0 Å². The van der Waals surface area contributed by atoms with Gasteiger partial charge >= 0.3 is 0 Å². The number of aromatic nitrogens is 1. The van der Waals surface area contributed by atoms with E-state index in [2.05, 4.69) is 289 Å². The molecule has 0 amide bonds. The number of rotatable bonds is 9. The number of para-hydroxylation sites is 3. The first-order chi connectivity index (χ1) is 36.2. The highest BCUT2D eigenvalue weighted by atomic mass is 16.3. The monoisotopic (exact) mass is 930 g/mol. The molecule has 14 rings (SSSR count). The Morgan fingerprint density at radius 3 is 1.53 bits per heavy atom. The fraction of sp³-hybridized carbons (Fsp3) is 0. The van der Waals surface area contributed by atoms with Crippen molar-refractivity contribution in [3.8, 4) is 61.3 Å².